The average molecular weight is 252 g/mol. The molecule has 2 unspecified atom stereocenters. The molecule has 17 heavy (non-hydrogen) atoms. The van der Waals surface area contributed by atoms with E-state index >= 15 is 0 Å². The van der Waals surface area contributed by atoms with Crippen LogP contribution in [0.5, 0.6) is 0 Å². The van der Waals surface area contributed by atoms with Crippen LogP contribution >= 0.6 is 0 Å². The number of hydrogen-bond acceptors (Lipinski definition) is 4. The highest BCUT2D eigenvalue weighted by atomic mass is 32.2. The van der Waals surface area contributed by atoms with Crippen molar-refractivity contribution in [3.8, 4) is 0 Å². The molecule has 1 aromatic carbocycles. The lowest BCUT2D eigenvalue weighted by Crippen LogP contribution is -2.40. The third kappa shape index (κ3) is 1.73. The highest BCUT2D eigenvalue weighted by Crippen LogP contribution is 2.36. The second-order valence-corrected chi connectivity index (χ2v) is 7.19. The van der Waals surface area contributed by atoms with Crippen LogP contribution in [-0.4, -0.2) is 32.0 Å². The van der Waals surface area contributed by atoms with Gasteiger partial charge in [0, 0.05) is 24.8 Å². The zero-order valence-corrected chi connectivity index (χ0v) is 10.4. The molecule has 0 aliphatic carbocycles. The van der Waals surface area contributed by atoms with Crippen LogP contribution in [-0.2, 0) is 16.4 Å². The normalized spacial score (nSPS) is 29.8. The fraction of sp³-hybridized carbons (Fsp3) is 0.500. The van der Waals surface area contributed by atoms with Crippen molar-refractivity contribution in [3.63, 3.8) is 0 Å². The summed E-state index contributed by atoms with van der Waals surface area (Å²) in [6.45, 7) is 1.16. The van der Waals surface area contributed by atoms with Gasteiger partial charge in [-0.2, -0.15) is 0 Å². The first-order chi connectivity index (χ1) is 8.10. The Morgan fingerprint density at radius 1 is 1.41 bits per heavy atom. The van der Waals surface area contributed by atoms with E-state index in [2.05, 4.69) is 11.0 Å². The zero-order chi connectivity index (χ0) is 12.0. The Hall–Kier alpha value is -1.07. The Morgan fingerprint density at radius 2 is 2.24 bits per heavy atom. The quantitative estimate of drug-likeness (QED) is 0.833. The van der Waals surface area contributed by atoms with E-state index in [9.17, 15) is 8.42 Å². The van der Waals surface area contributed by atoms with E-state index in [1.54, 1.807) is 0 Å². The number of anilines is 1. The molecule has 0 spiro atoms. The van der Waals surface area contributed by atoms with Crippen molar-refractivity contribution in [1.29, 1.82) is 0 Å². The number of rotatable bonds is 2. The third-order valence-corrected chi connectivity index (χ3v) is 5.99. The summed E-state index contributed by atoms with van der Waals surface area (Å²) in [5.74, 6) is 0.310. The minimum Gasteiger partial charge on any atom is -0.366 e. The van der Waals surface area contributed by atoms with E-state index < -0.39 is 9.84 Å². The lowest BCUT2D eigenvalue weighted by molar-refractivity contribution is 0.585. The molecule has 2 bridgehead atoms. The molecule has 0 saturated carbocycles. The van der Waals surface area contributed by atoms with Gasteiger partial charge < -0.3 is 10.6 Å². The molecule has 92 valence electrons. The molecule has 0 amide bonds. The number of nitrogens with zero attached hydrogens (tertiary/aromatic N) is 1. The number of hydrogen-bond donors (Lipinski definition) is 1. The predicted octanol–water partition coefficient (Wildman–Crippen LogP) is 0.521. The van der Waals surface area contributed by atoms with Crippen LogP contribution in [0.2, 0.25) is 0 Å². The SMILES string of the molecule is NCc1cccc(N2CC3CC2CS3(=O)=O)c1. The summed E-state index contributed by atoms with van der Waals surface area (Å²) >= 11 is 0. The average Bonchev–Trinajstić information content (AvgIpc) is 2.84. The highest BCUT2D eigenvalue weighted by molar-refractivity contribution is 7.92. The molecule has 2 heterocycles. The maximum absolute atomic E-state index is 11.7. The summed E-state index contributed by atoms with van der Waals surface area (Å²) < 4.78 is 23.4. The summed E-state index contributed by atoms with van der Waals surface area (Å²) in [5.41, 5.74) is 7.82. The van der Waals surface area contributed by atoms with Crippen molar-refractivity contribution in [1.82, 2.24) is 0 Å². The molecule has 2 fully saturated rings. The van der Waals surface area contributed by atoms with Gasteiger partial charge >= 0.3 is 0 Å². The molecule has 2 saturated heterocycles. The zero-order valence-electron chi connectivity index (χ0n) is 9.54. The second-order valence-electron chi connectivity index (χ2n) is 4.87. The molecule has 4 nitrogen and oxygen atoms in total. The minimum atomic E-state index is -2.81. The monoisotopic (exact) mass is 252 g/mol. The van der Waals surface area contributed by atoms with Gasteiger partial charge in [0.2, 0.25) is 0 Å². The molecular weight excluding hydrogens is 236 g/mol. The summed E-state index contributed by atoms with van der Waals surface area (Å²) in [5, 5.41) is -0.158. The van der Waals surface area contributed by atoms with Crippen molar-refractivity contribution in [2.75, 3.05) is 17.2 Å². The summed E-state index contributed by atoms with van der Waals surface area (Å²) in [7, 11) is -2.81. The molecule has 0 radical (unpaired) electrons. The fourth-order valence-electron chi connectivity index (χ4n) is 2.87. The number of benzene rings is 1. The molecule has 0 aromatic heterocycles. The predicted molar refractivity (Wildman–Crippen MR) is 67.7 cm³/mol. The minimum absolute atomic E-state index is 0.158. The maximum atomic E-state index is 11.7. The Kier molecular flexibility index (Phi) is 2.41. The first-order valence-electron chi connectivity index (χ1n) is 5.87. The fourth-order valence-corrected chi connectivity index (χ4v) is 4.90. The van der Waals surface area contributed by atoms with Crippen molar-refractivity contribution >= 4 is 15.5 Å². The van der Waals surface area contributed by atoms with Gasteiger partial charge in [-0.3, -0.25) is 0 Å². The summed E-state index contributed by atoms with van der Waals surface area (Å²) in [6.07, 6.45) is 0.787. The van der Waals surface area contributed by atoms with Gasteiger partial charge in [0.05, 0.1) is 11.0 Å². The van der Waals surface area contributed by atoms with Crippen molar-refractivity contribution in [3.05, 3.63) is 29.8 Å². The van der Waals surface area contributed by atoms with Crippen LogP contribution < -0.4 is 10.6 Å². The topological polar surface area (TPSA) is 63.4 Å². The molecule has 3 rings (SSSR count). The number of nitrogens with two attached hydrogens (primary N) is 1. The molecule has 2 aliphatic heterocycles. The molecular formula is C12H16N2O2S. The van der Waals surface area contributed by atoms with E-state index in [4.69, 9.17) is 5.73 Å². The molecule has 1 aromatic rings. The third-order valence-electron chi connectivity index (χ3n) is 3.79. The van der Waals surface area contributed by atoms with Crippen molar-refractivity contribution < 1.29 is 8.42 Å². The summed E-state index contributed by atoms with van der Waals surface area (Å²) in [4.78, 5) is 2.21. The van der Waals surface area contributed by atoms with E-state index in [0.29, 0.717) is 18.8 Å². The van der Waals surface area contributed by atoms with Gasteiger partial charge in [-0.25, -0.2) is 8.42 Å². The Morgan fingerprint density at radius 3 is 2.82 bits per heavy atom. The second kappa shape index (κ2) is 3.71. The highest BCUT2D eigenvalue weighted by Gasteiger charge is 2.48. The maximum Gasteiger partial charge on any atom is 0.156 e. The summed E-state index contributed by atoms with van der Waals surface area (Å²) in [6, 6.07) is 8.24. The van der Waals surface area contributed by atoms with Gasteiger partial charge in [0.1, 0.15) is 0 Å². The lowest BCUT2D eigenvalue weighted by Gasteiger charge is -2.29. The van der Waals surface area contributed by atoms with Gasteiger partial charge in [-0.15, -0.1) is 0 Å². The van der Waals surface area contributed by atoms with Crippen molar-refractivity contribution in [2.45, 2.75) is 24.3 Å². The Labute approximate surface area is 101 Å². The van der Waals surface area contributed by atoms with Crippen LogP contribution in [0, 0.1) is 0 Å². The van der Waals surface area contributed by atoms with Gasteiger partial charge in [0.15, 0.2) is 9.84 Å². The standard InChI is InChI=1S/C12H16N2O2S/c13-6-9-2-1-3-10(4-9)14-7-12-5-11(14)8-17(12,15)16/h1-4,11-12H,5-8,13H2. The van der Waals surface area contributed by atoms with Crippen molar-refractivity contribution in [2.24, 2.45) is 5.73 Å². The van der Waals surface area contributed by atoms with Crippen LogP contribution in [0.15, 0.2) is 24.3 Å². The van der Waals surface area contributed by atoms with Gasteiger partial charge in [-0.1, -0.05) is 12.1 Å². The van der Waals surface area contributed by atoms with Crippen LogP contribution in [0.25, 0.3) is 0 Å². The molecule has 2 N–H and O–H groups in total. The smallest absolute Gasteiger partial charge is 0.156 e. The number of sulfone groups is 1. The molecule has 5 heteroatoms. The lowest BCUT2D eigenvalue weighted by atomic mass is 10.1. The number of fused-ring (bicyclic) bond motifs is 2. The first kappa shape index (κ1) is 11.0. The van der Waals surface area contributed by atoms with Crippen LogP contribution in [0.4, 0.5) is 5.69 Å². The molecule has 2 aliphatic rings. The molecule has 2 atom stereocenters. The van der Waals surface area contributed by atoms with E-state index in [0.717, 1.165) is 17.7 Å². The Balaban J connectivity index is 1.88. The largest absolute Gasteiger partial charge is 0.366 e. The van der Waals surface area contributed by atoms with Crippen LogP contribution in [0.3, 0.4) is 0 Å². The first-order valence-corrected chi connectivity index (χ1v) is 7.59. The van der Waals surface area contributed by atoms with Crippen LogP contribution in [0.1, 0.15) is 12.0 Å². The van der Waals surface area contributed by atoms with Gasteiger partial charge in [-0.05, 0) is 24.1 Å². The van der Waals surface area contributed by atoms with E-state index in [1.165, 1.54) is 0 Å². The Bertz CT molecular complexity index is 541. The van der Waals surface area contributed by atoms with E-state index in [1.807, 2.05) is 18.2 Å². The van der Waals surface area contributed by atoms with E-state index in [-0.39, 0.29) is 11.3 Å². The van der Waals surface area contributed by atoms with Gasteiger partial charge in [0.25, 0.3) is 0 Å².